The first-order chi connectivity index (χ1) is 60.7. The van der Waals surface area contributed by atoms with Crippen molar-refractivity contribution in [1.29, 1.82) is 5.41 Å². The second-order valence-electron chi connectivity index (χ2n) is 31.1. The van der Waals surface area contributed by atoms with Crippen molar-refractivity contribution in [2.45, 2.75) is 19.3 Å². The van der Waals surface area contributed by atoms with Crippen molar-refractivity contribution in [3.63, 3.8) is 0 Å². The predicted molar refractivity (Wildman–Crippen MR) is 504 cm³/mol. The molecular formula is C109H78BN13. The third-order valence-electron chi connectivity index (χ3n) is 23.6. The van der Waals surface area contributed by atoms with Crippen molar-refractivity contribution in [3.05, 3.63) is 429 Å². The summed E-state index contributed by atoms with van der Waals surface area (Å²) in [5.41, 5.74) is 24.6. The molecule has 0 fully saturated rings. The number of benzene rings is 15. The maximum Gasteiger partial charge on any atom is 0.252 e. The van der Waals surface area contributed by atoms with Gasteiger partial charge in [0.2, 0.25) is 0 Å². The van der Waals surface area contributed by atoms with Gasteiger partial charge in [-0.05, 0) is 138 Å². The van der Waals surface area contributed by atoms with Gasteiger partial charge in [0.15, 0.2) is 40.8 Å². The van der Waals surface area contributed by atoms with Gasteiger partial charge in [-0.1, -0.05) is 315 Å². The van der Waals surface area contributed by atoms with Crippen LogP contribution in [0.4, 0.5) is 34.1 Å². The van der Waals surface area contributed by atoms with E-state index in [0.29, 0.717) is 46.5 Å². The van der Waals surface area contributed by atoms with E-state index >= 15 is 0 Å². The van der Waals surface area contributed by atoms with Gasteiger partial charge in [0.25, 0.3) is 6.71 Å². The Morgan fingerprint density at radius 1 is 0.358 bits per heavy atom. The number of anilines is 6. The molecule has 2 aliphatic heterocycles. The molecule has 21 rings (SSSR count). The van der Waals surface area contributed by atoms with Gasteiger partial charge in [-0.3, -0.25) is 5.41 Å². The third-order valence-corrected chi connectivity index (χ3v) is 23.6. The first-order valence-electron chi connectivity index (χ1n) is 41.5. The summed E-state index contributed by atoms with van der Waals surface area (Å²) in [5.74, 6) is 4.01. The molecule has 1 unspecified atom stereocenters. The number of fused-ring (bicyclic) bond motifs is 7. The van der Waals surface area contributed by atoms with Crippen molar-refractivity contribution in [2.24, 2.45) is 0 Å². The zero-order valence-electron chi connectivity index (χ0n) is 67.5. The molecule has 123 heavy (non-hydrogen) atoms. The number of hydrogen-bond acceptors (Lipinski definition) is 11. The fourth-order valence-electron chi connectivity index (χ4n) is 17.8. The van der Waals surface area contributed by atoms with Gasteiger partial charge in [0, 0.05) is 112 Å². The molecule has 4 aromatic heterocycles. The van der Waals surface area contributed by atoms with Crippen LogP contribution in [0.2, 0.25) is 0 Å². The molecule has 2 N–H and O–H groups in total. The van der Waals surface area contributed by atoms with Crippen LogP contribution in [-0.4, -0.2) is 63.5 Å². The summed E-state index contributed by atoms with van der Waals surface area (Å²) >= 11 is 0. The highest BCUT2D eigenvalue weighted by atomic mass is 15.2. The molecule has 1 atom stereocenters. The third kappa shape index (κ3) is 13.8. The summed E-state index contributed by atoms with van der Waals surface area (Å²) in [6.07, 6.45) is 4.35. The number of nitrogens with one attached hydrogen (secondary N) is 2. The van der Waals surface area contributed by atoms with Crippen LogP contribution in [0.5, 0.6) is 0 Å². The second kappa shape index (κ2) is 31.9. The molecule has 0 saturated heterocycles. The number of nitrogens with zero attached hydrogens (tertiary/aromatic N) is 11. The predicted octanol–water partition coefficient (Wildman–Crippen LogP) is 23.6. The molecule has 0 saturated carbocycles. The highest BCUT2D eigenvalue weighted by Gasteiger charge is 2.45. The maximum atomic E-state index is 9.94. The Hall–Kier alpha value is -16.2. The Morgan fingerprint density at radius 2 is 0.756 bits per heavy atom. The van der Waals surface area contributed by atoms with E-state index in [-0.39, 0.29) is 19.1 Å². The van der Waals surface area contributed by atoms with E-state index in [4.69, 9.17) is 39.9 Å². The Balaban J connectivity index is 0.831. The molecule has 0 amide bonds. The normalized spacial score (nSPS) is 12.8. The van der Waals surface area contributed by atoms with Crippen LogP contribution in [-0.2, 0) is 5.41 Å². The van der Waals surface area contributed by atoms with E-state index in [2.05, 4.69) is 288 Å². The average Bonchev–Trinajstić information content (AvgIpc) is 1.35. The van der Waals surface area contributed by atoms with Crippen LogP contribution >= 0.6 is 0 Å². The summed E-state index contributed by atoms with van der Waals surface area (Å²) in [7, 11) is 0. The molecule has 13 nitrogen and oxygen atoms in total. The summed E-state index contributed by atoms with van der Waals surface area (Å²) in [5, 5.41) is 15.5. The van der Waals surface area contributed by atoms with Crippen molar-refractivity contribution in [1.82, 2.24) is 49.8 Å². The Morgan fingerprint density at radius 3 is 1.25 bits per heavy atom. The smallest absolute Gasteiger partial charge is 0.252 e. The monoisotopic (exact) mass is 1580 g/mol. The van der Waals surface area contributed by atoms with Crippen molar-refractivity contribution in [2.75, 3.05) is 16.3 Å². The van der Waals surface area contributed by atoms with Crippen molar-refractivity contribution in [3.8, 4) is 102 Å². The zero-order chi connectivity index (χ0) is 82.3. The molecule has 6 heterocycles. The molecule has 0 spiro atoms. The molecule has 0 radical (unpaired) electrons. The lowest BCUT2D eigenvalue weighted by Gasteiger charge is -2.45. The van der Waals surface area contributed by atoms with E-state index in [0.717, 1.165) is 140 Å². The van der Waals surface area contributed by atoms with Crippen LogP contribution < -0.4 is 31.5 Å². The maximum absolute atomic E-state index is 9.94. The summed E-state index contributed by atoms with van der Waals surface area (Å²) in [6, 6.07) is 140. The average molecular weight is 1580 g/mol. The Kier molecular flexibility index (Phi) is 19.3. The highest BCUT2D eigenvalue weighted by molar-refractivity contribution is 7.00. The van der Waals surface area contributed by atoms with E-state index in [1.807, 2.05) is 158 Å². The lowest BCUT2D eigenvalue weighted by Crippen LogP contribution is -2.61. The fourth-order valence-corrected chi connectivity index (χ4v) is 17.8. The van der Waals surface area contributed by atoms with Crippen LogP contribution in [0, 0.1) is 5.41 Å². The van der Waals surface area contributed by atoms with Gasteiger partial charge < -0.3 is 19.7 Å². The largest absolute Gasteiger partial charge is 0.369 e. The topological polar surface area (TPSA) is 150 Å². The lowest BCUT2D eigenvalue weighted by atomic mass is 9.33. The minimum absolute atomic E-state index is 0.104. The first kappa shape index (κ1) is 74.4. The number of rotatable bonds is 19. The molecule has 582 valence electrons. The van der Waals surface area contributed by atoms with Gasteiger partial charge >= 0.3 is 0 Å². The van der Waals surface area contributed by atoms with Crippen LogP contribution in [0.15, 0.2) is 413 Å². The van der Waals surface area contributed by atoms with Gasteiger partial charge in [-0.2, -0.15) is 0 Å². The zero-order valence-corrected chi connectivity index (χ0v) is 67.5. The van der Waals surface area contributed by atoms with Gasteiger partial charge in [-0.25, -0.2) is 39.9 Å². The van der Waals surface area contributed by atoms with E-state index in [1.54, 1.807) is 0 Å². The van der Waals surface area contributed by atoms with Gasteiger partial charge in [0.1, 0.15) is 5.84 Å². The Bertz CT molecular complexity index is 6970. The summed E-state index contributed by atoms with van der Waals surface area (Å²) < 4.78 is 2.39. The number of hydrogen-bond donors (Lipinski definition) is 2. The minimum Gasteiger partial charge on any atom is -0.369 e. The van der Waals surface area contributed by atoms with E-state index < -0.39 is 5.41 Å². The summed E-state index contributed by atoms with van der Waals surface area (Å²) in [6.45, 7) is 4.51. The van der Waals surface area contributed by atoms with Crippen molar-refractivity contribution < 1.29 is 0 Å². The Labute approximate surface area is 713 Å². The molecule has 0 bridgehead atoms. The minimum atomic E-state index is -1.04. The molecule has 14 heteroatoms. The van der Waals surface area contributed by atoms with E-state index in [9.17, 15) is 5.41 Å². The first-order valence-corrected chi connectivity index (χ1v) is 41.5. The second-order valence-corrected chi connectivity index (χ2v) is 31.1. The molecule has 2 aliphatic rings. The lowest BCUT2D eigenvalue weighted by molar-refractivity contribution is 0.590. The van der Waals surface area contributed by atoms with Crippen LogP contribution in [0.1, 0.15) is 30.7 Å². The van der Waals surface area contributed by atoms with Crippen LogP contribution in [0.25, 0.3) is 135 Å². The van der Waals surface area contributed by atoms with Crippen molar-refractivity contribution >= 4 is 96.1 Å². The number of para-hydroxylation sites is 4. The molecule has 0 aliphatic carbocycles. The molecule has 19 aromatic rings. The molecule has 15 aromatic carbocycles. The standard InChI is InChI=1S/C109H78BN13/c1-3-36-96(123-92-64-61-80(107-117-102(74-41-17-6-18-42-74)115-103(118-107)75-43-19-7-20-44-75)68-86(92)87-69-81(62-65-93(87)123)108-119-104(76-45-21-8-22-46-76)116-105(120-108)77-47-23-9-24-48-77)98(109(2,82-51-25-10-26-52-82)71-112-101(111)73-39-15-5-16-40-73)91-70-90(72-37-13-4-14-38-72)113-106(114-91)79-50-35-49-78(67-79)85-63-66-97-99-100(85)122(84-55-29-12-30-56-84)95-60-34-32-58-89(95)110(99)88-57-31-33-59-94(88)121(97)83-53-27-11-28-54-83/h3-70H,71H2,1-2H3,(H2,111,112)/b36-3-,98-96+. The van der Waals surface area contributed by atoms with E-state index in [1.165, 1.54) is 16.4 Å². The number of amidine groups is 1. The quantitative estimate of drug-likeness (QED) is 0.0345. The van der Waals surface area contributed by atoms with Gasteiger partial charge in [-0.15, -0.1) is 0 Å². The number of allylic oxidation sites excluding steroid dienone is 3. The molecular weight excluding hydrogens is 1500 g/mol. The summed E-state index contributed by atoms with van der Waals surface area (Å²) in [4.78, 5) is 48.4. The fraction of sp³-hybridized carbons (Fsp3) is 0.0367. The highest BCUT2D eigenvalue weighted by Crippen LogP contribution is 2.51. The SMILES string of the molecule is C/C=C\C(=C(\c1cc(-c2ccccc2)nc(-c2cccc(-c3ccc4c5c3N(c3ccccc3)c3ccccc3B5c3ccccc3N4c3ccccc3)c2)n1)C(C)(CNC(=N)c1ccccc1)c1ccccc1)n1c2ccc(-c3nc(-c4ccccc4)nc(-c4ccccc4)n3)cc2c2cc(-c3nc(-c4ccccc4)nc(-c4ccccc4)n3)ccc21. The van der Waals surface area contributed by atoms with Gasteiger partial charge in [0.05, 0.1) is 33.8 Å². The van der Waals surface area contributed by atoms with Crippen LogP contribution in [0.3, 0.4) is 0 Å². The number of aromatic nitrogens is 9.